The summed E-state index contributed by atoms with van der Waals surface area (Å²) in [5.41, 5.74) is 0.0390. The van der Waals surface area contributed by atoms with E-state index in [0.717, 1.165) is 51.4 Å². The monoisotopic (exact) mass is 480 g/mol. The van der Waals surface area contributed by atoms with E-state index in [-0.39, 0.29) is 22.9 Å². The number of carboxylic acids is 1. The Labute approximate surface area is 201 Å². The Bertz CT molecular complexity index is 832. The lowest BCUT2D eigenvalue weighted by molar-refractivity contribution is -0.314. The quantitative estimate of drug-likeness (QED) is 0.452. The molecular weight excluding hydrogens is 440 g/mol. The molecule has 0 bridgehead atoms. The maximum Gasteiger partial charge on any atom is 0.335 e. The van der Waals surface area contributed by atoms with Gasteiger partial charge in [-0.2, -0.15) is 0 Å². The zero-order chi connectivity index (χ0) is 24.6. The average Bonchev–Trinajstić information content (AvgIpc) is 3.09. The standard InChI is InChI=1S/C26H40O8/c1-12-11-26(3)13(4-5-14-15-6-7-18(27)25(15,2)9-8-16(14)26)10-17(12)33-24-21(30)19(28)20(29)22(34-24)23(31)32/h12-17,19-22,24,28-30H,4-11H2,1-3H3,(H,31,32)/t12-,13+,14+,15+,16+,17+,19+,20+,21-,22+,24-,25+,26+/m1/s1. The molecule has 4 N–H and O–H groups in total. The highest BCUT2D eigenvalue weighted by Gasteiger charge is 2.61. The van der Waals surface area contributed by atoms with Gasteiger partial charge < -0.3 is 29.9 Å². The third kappa shape index (κ3) is 3.59. The van der Waals surface area contributed by atoms with Crippen molar-refractivity contribution in [3.63, 3.8) is 0 Å². The second-order valence-corrected chi connectivity index (χ2v) is 12.4. The third-order valence-electron chi connectivity index (χ3n) is 10.8. The molecule has 34 heavy (non-hydrogen) atoms. The first-order chi connectivity index (χ1) is 16.0. The van der Waals surface area contributed by atoms with Crippen LogP contribution in [0.25, 0.3) is 0 Å². The number of carbonyl (C=O) groups excluding carboxylic acids is 1. The Morgan fingerprint density at radius 1 is 1.03 bits per heavy atom. The first-order valence-electron chi connectivity index (χ1n) is 13.1. The van der Waals surface area contributed by atoms with Gasteiger partial charge in [0.05, 0.1) is 6.10 Å². The van der Waals surface area contributed by atoms with Gasteiger partial charge in [0.1, 0.15) is 24.1 Å². The number of hydrogen-bond acceptors (Lipinski definition) is 7. The van der Waals surface area contributed by atoms with E-state index in [2.05, 4.69) is 20.8 Å². The van der Waals surface area contributed by atoms with Crippen LogP contribution in [0.5, 0.6) is 0 Å². The molecule has 0 unspecified atom stereocenters. The van der Waals surface area contributed by atoms with Crippen molar-refractivity contribution in [3.05, 3.63) is 0 Å². The molecule has 5 rings (SSSR count). The molecule has 8 nitrogen and oxygen atoms in total. The summed E-state index contributed by atoms with van der Waals surface area (Å²) >= 11 is 0. The average molecular weight is 481 g/mol. The van der Waals surface area contributed by atoms with E-state index in [1.165, 1.54) is 0 Å². The summed E-state index contributed by atoms with van der Waals surface area (Å²) in [6.45, 7) is 6.76. The van der Waals surface area contributed by atoms with Crippen LogP contribution in [0.15, 0.2) is 0 Å². The van der Waals surface area contributed by atoms with Crippen LogP contribution in [-0.2, 0) is 19.1 Å². The van der Waals surface area contributed by atoms with Crippen molar-refractivity contribution >= 4 is 11.8 Å². The van der Waals surface area contributed by atoms with E-state index in [0.29, 0.717) is 29.5 Å². The minimum atomic E-state index is -1.71. The second-order valence-electron chi connectivity index (χ2n) is 12.4. The van der Waals surface area contributed by atoms with Crippen LogP contribution >= 0.6 is 0 Å². The SMILES string of the molecule is C[C@@H]1C[C@@]2(C)[C@@H](CC[C@@H]3[C@@H]2CC[C@]2(C)C(=O)CC[C@@H]32)C[C@@H]1O[C@@H]1O[C@H](C(=O)O)[C@@H](O)[C@H](O)[C@H]1O. The zero-order valence-corrected chi connectivity index (χ0v) is 20.4. The molecule has 4 aliphatic carbocycles. The lowest BCUT2D eigenvalue weighted by atomic mass is 9.44. The van der Waals surface area contributed by atoms with Crippen LogP contribution in [0.4, 0.5) is 0 Å². The highest BCUT2D eigenvalue weighted by atomic mass is 16.7. The number of rotatable bonds is 3. The summed E-state index contributed by atoms with van der Waals surface area (Å²) in [5.74, 6) is 1.39. The Balaban J connectivity index is 1.30. The minimum absolute atomic E-state index is 0.128. The summed E-state index contributed by atoms with van der Waals surface area (Å²) in [7, 11) is 0. The van der Waals surface area contributed by atoms with Gasteiger partial charge in [-0.3, -0.25) is 4.79 Å². The number of aliphatic carboxylic acids is 1. The molecule has 5 aliphatic rings. The molecule has 0 aromatic carbocycles. The molecule has 0 radical (unpaired) electrons. The summed E-state index contributed by atoms with van der Waals surface area (Å²) < 4.78 is 11.5. The molecule has 192 valence electrons. The summed E-state index contributed by atoms with van der Waals surface area (Å²) in [5, 5.41) is 39.9. The van der Waals surface area contributed by atoms with E-state index in [1.807, 2.05) is 0 Å². The van der Waals surface area contributed by atoms with Crippen molar-refractivity contribution in [2.24, 2.45) is 40.4 Å². The number of carboxylic acid groups (broad SMARTS) is 1. The van der Waals surface area contributed by atoms with Crippen molar-refractivity contribution in [1.82, 2.24) is 0 Å². The molecule has 0 aromatic heterocycles. The summed E-state index contributed by atoms with van der Waals surface area (Å²) in [6.07, 6.45) is -0.205. The fourth-order valence-corrected chi connectivity index (χ4v) is 8.88. The van der Waals surface area contributed by atoms with Gasteiger partial charge in [0.15, 0.2) is 12.4 Å². The Hall–Kier alpha value is -1.06. The fraction of sp³-hybridized carbons (Fsp3) is 0.923. The number of hydrogen-bond donors (Lipinski definition) is 4. The molecule has 1 aliphatic heterocycles. The van der Waals surface area contributed by atoms with Gasteiger partial charge >= 0.3 is 5.97 Å². The van der Waals surface area contributed by atoms with Gasteiger partial charge in [0.25, 0.3) is 0 Å². The van der Waals surface area contributed by atoms with Crippen molar-refractivity contribution in [3.8, 4) is 0 Å². The maximum absolute atomic E-state index is 12.7. The lowest BCUT2D eigenvalue weighted by Gasteiger charge is -2.61. The van der Waals surface area contributed by atoms with Crippen molar-refractivity contribution in [1.29, 1.82) is 0 Å². The van der Waals surface area contributed by atoms with Gasteiger partial charge in [0.2, 0.25) is 0 Å². The molecule has 13 atom stereocenters. The van der Waals surface area contributed by atoms with Crippen LogP contribution in [-0.4, -0.2) is 69.0 Å². The minimum Gasteiger partial charge on any atom is -0.479 e. The first-order valence-corrected chi connectivity index (χ1v) is 13.1. The summed E-state index contributed by atoms with van der Waals surface area (Å²) in [4.78, 5) is 24.1. The molecule has 5 fully saturated rings. The highest BCUT2D eigenvalue weighted by molar-refractivity contribution is 5.87. The fourth-order valence-electron chi connectivity index (χ4n) is 8.88. The Morgan fingerprint density at radius 2 is 1.76 bits per heavy atom. The van der Waals surface area contributed by atoms with Crippen LogP contribution in [0.3, 0.4) is 0 Å². The third-order valence-corrected chi connectivity index (χ3v) is 10.8. The molecular formula is C26H40O8. The van der Waals surface area contributed by atoms with E-state index in [9.17, 15) is 30.0 Å². The Kier molecular flexibility index (Phi) is 6.16. The molecule has 4 saturated carbocycles. The topological polar surface area (TPSA) is 134 Å². The summed E-state index contributed by atoms with van der Waals surface area (Å²) in [6, 6.07) is 0. The molecule has 0 amide bonds. The van der Waals surface area contributed by atoms with E-state index >= 15 is 0 Å². The highest BCUT2D eigenvalue weighted by Crippen LogP contribution is 2.66. The van der Waals surface area contributed by atoms with Crippen LogP contribution < -0.4 is 0 Å². The van der Waals surface area contributed by atoms with E-state index < -0.39 is 36.7 Å². The molecule has 0 aromatic rings. The number of aliphatic hydroxyl groups is 3. The number of Topliss-reactive ketones (excluding diaryl/α,β-unsaturated/α-hetero) is 1. The predicted octanol–water partition coefficient (Wildman–Crippen LogP) is 2.12. The van der Waals surface area contributed by atoms with Crippen molar-refractivity contribution in [2.45, 2.75) is 109 Å². The van der Waals surface area contributed by atoms with Crippen LogP contribution in [0.1, 0.15) is 72.1 Å². The Morgan fingerprint density at radius 3 is 2.47 bits per heavy atom. The smallest absolute Gasteiger partial charge is 0.335 e. The van der Waals surface area contributed by atoms with E-state index in [4.69, 9.17) is 9.47 Å². The number of fused-ring (bicyclic) bond motifs is 5. The number of aliphatic hydroxyl groups excluding tert-OH is 3. The van der Waals surface area contributed by atoms with E-state index in [1.54, 1.807) is 0 Å². The molecule has 8 heteroatoms. The van der Waals surface area contributed by atoms with Gasteiger partial charge in [-0.15, -0.1) is 0 Å². The number of carbonyl (C=O) groups is 2. The van der Waals surface area contributed by atoms with Crippen LogP contribution in [0.2, 0.25) is 0 Å². The van der Waals surface area contributed by atoms with Gasteiger partial charge in [-0.25, -0.2) is 4.79 Å². The molecule has 1 saturated heterocycles. The van der Waals surface area contributed by atoms with Gasteiger partial charge in [-0.1, -0.05) is 20.8 Å². The van der Waals surface area contributed by atoms with Crippen LogP contribution in [0, 0.1) is 40.4 Å². The van der Waals surface area contributed by atoms with Crippen molar-refractivity contribution < 1.29 is 39.5 Å². The van der Waals surface area contributed by atoms with Gasteiger partial charge in [0, 0.05) is 11.8 Å². The van der Waals surface area contributed by atoms with Gasteiger partial charge in [-0.05, 0) is 80.0 Å². The zero-order valence-electron chi connectivity index (χ0n) is 20.4. The number of ether oxygens (including phenoxy) is 2. The largest absolute Gasteiger partial charge is 0.479 e. The second kappa shape index (κ2) is 8.51. The molecule has 0 spiro atoms. The normalized spacial score (nSPS) is 55.2. The maximum atomic E-state index is 12.7. The lowest BCUT2D eigenvalue weighted by Crippen LogP contribution is -2.61. The number of ketones is 1. The predicted molar refractivity (Wildman–Crippen MR) is 120 cm³/mol. The molecule has 1 heterocycles. The first kappa shape index (κ1) is 24.6. The van der Waals surface area contributed by atoms with Crippen molar-refractivity contribution in [2.75, 3.05) is 0 Å².